The molecule has 0 aliphatic heterocycles. The fraction of sp³-hybridized carbons (Fsp3) is 0.238. The Morgan fingerprint density at radius 3 is 2.73 bits per heavy atom. The molecule has 0 fully saturated rings. The molecule has 1 aromatic heterocycles. The van der Waals surface area contributed by atoms with Gasteiger partial charge in [-0.25, -0.2) is 9.59 Å². The van der Waals surface area contributed by atoms with Gasteiger partial charge >= 0.3 is 11.6 Å². The summed E-state index contributed by atoms with van der Waals surface area (Å²) in [6.07, 6.45) is 3.08. The molecule has 0 atom stereocenters. The van der Waals surface area contributed by atoms with Gasteiger partial charge in [0.25, 0.3) is 0 Å². The normalized spacial score (nSPS) is 13.0. The SMILES string of the molecule is Cc1ccc(O)c(C(=O)OCc2cc(=O)oc3cc4c(cc23)CCC4)c1. The number of carbonyl (C=O) groups excluding carboxylic acids is 1. The smallest absolute Gasteiger partial charge is 0.342 e. The molecule has 2 aromatic carbocycles. The highest BCUT2D eigenvalue weighted by Gasteiger charge is 2.17. The Kier molecular flexibility index (Phi) is 3.99. The number of hydrogen-bond acceptors (Lipinski definition) is 5. The van der Waals surface area contributed by atoms with E-state index in [1.54, 1.807) is 12.1 Å². The second-order valence-corrected chi connectivity index (χ2v) is 6.66. The summed E-state index contributed by atoms with van der Waals surface area (Å²) in [5.41, 5.74) is 4.05. The number of fused-ring (bicyclic) bond motifs is 2. The predicted molar refractivity (Wildman–Crippen MR) is 96.5 cm³/mol. The van der Waals surface area contributed by atoms with Crippen molar-refractivity contribution in [1.82, 2.24) is 0 Å². The fourth-order valence-electron chi connectivity index (χ4n) is 3.45. The van der Waals surface area contributed by atoms with Crippen molar-refractivity contribution in [1.29, 1.82) is 0 Å². The number of aromatic hydroxyl groups is 1. The third-order valence-electron chi connectivity index (χ3n) is 4.77. The summed E-state index contributed by atoms with van der Waals surface area (Å²) >= 11 is 0. The molecule has 0 radical (unpaired) electrons. The number of phenolic OH excluding ortho intramolecular Hbond substituents is 1. The van der Waals surface area contributed by atoms with E-state index in [9.17, 15) is 14.7 Å². The molecular weight excluding hydrogens is 332 g/mol. The zero-order valence-corrected chi connectivity index (χ0v) is 14.4. The topological polar surface area (TPSA) is 76.7 Å². The number of phenols is 1. The van der Waals surface area contributed by atoms with E-state index in [1.165, 1.54) is 23.3 Å². The highest BCUT2D eigenvalue weighted by molar-refractivity contribution is 5.92. The molecular formula is C21H18O5. The maximum absolute atomic E-state index is 12.3. The lowest BCUT2D eigenvalue weighted by molar-refractivity contribution is 0.0470. The largest absolute Gasteiger partial charge is 0.507 e. The number of benzene rings is 2. The number of hydrogen-bond donors (Lipinski definition) is 1. The summed E-state index contributed by atoms with van der Waals surface area (Å²) in [6.45, 7) is 1.76. The summed E-state index contributed by atoms with van der Waals surface area (Å²) in [5, 5.41) is 10.6. The second kappa shape index (κ2) is 6.33. The van der Waals surface area contributed by atoms with E-state index in [1.807, 2.05) is 19.1 Å². The first-order valence-electron chi connectivity index (χ1n) is 8.56. The van der Waals surface area contributed by atoms with Crippen LogP contribution in [-0.2, 0) is 24.2 Å². The minimum absolute atomic E-state index is 0.0624. The number of esters is 1. The monoisotopic (exact) mass is 350 g/mol. The average Bonchev–Trinajstić information content (AvgIpc) is 3.07. The molecule has 5 heteroatoms. The molecule has 0 spiro atoms. The van der Waals surface area contributed by atoms with Crippen LogP contribution in [0.1, 0.15) is 39.0 Å². The molecule has 4 rings (SSSR count). The molecule has 0 saturated heterocycles. The van der Waals surface area contributed by atoms with Crippen LogP contribution in [-0.4, -0.2) is 11.1 Å². The molecule has 3 aromatic rings. The Morgan fingerprint density at radius 1 is 1.15 bits per heavy atom. The summed E-state index contributed by atoms with van der Waals surface area (Å²) in [7, 11) is 0. The van der Waals surface area contributed by atoms with Gasteiger partial charge in [-0.05, 0) is 61.6 Å². The maximum atomic E-state index is 12.3. The standard InChI is InChI=1S/C21H18O5/c1-12-5-6-18(22)17(7-12)21(24)25-11-15-10-20(23)26-19-9-14-4-2-3-13(14)8-16(15)19/h5-10,22H,2-4,11H2,1H3. The van der Waals surface area contributed by atoms with Gasteiger partial charge in [-0.1, -0.05) is 11.6 Å². The summed E-state index contributed by atoms with van der Waals surface area (Å²) < 4.78 is 10.7. The van der Waals surface area contributed by atoms with Gasteiger partial charge in [0.2, 0.25) is 0 Å². The number of aryl methyl sites for hydroxylation is 3. The van der Waals surface area contributed by atoms with Gasteiger partial charge in [0, 0.05) is 17.0 Å². The molecule has 0 amide bonds. The third-order valence-corrected chi connectivity index (χ3v) is 4.77. The highest BCUT2D eigenvalue weighted by Crippen LogP contribution is 2.29. The molecule has 1 heterocycles. The molecule has 1 N–H and O–H groups in total. The molecule has 132 valence electrons. The summed E-state index contributed by atoms with van der Waals surface area (Å²) in [6, 6.07) is 10.0. The molecule has 1 aliphatic carbocycles. The highest BCUT2D eigenvalue weighted by atomic mass is 16.5. The van der Waals surface area contributed by atoms with Gasteiger partial charge in [-0.3, -0.25) is 0 Å². The lowest BCUT2D eigenvalue weighted by atomic mass is 10.0. The average molecular weight is 350 g/mol. The van der Waals surface area contributed by atoms with E-state index < -0.39 is 11.6 Å². The van der Waals surface area contributed by atoms with Crippen molar-refractivity contribution in [2.24, 2.45) is 0 Å². The van der Waals surface area contributed by atoms with Gasteiger partial charge in [0.15, 0.2) is 0 Å². The molecule has 0 saturated carbocycles. The van der Waals surface area contributed by atoms with Gasteiger partial charge in [0.1, 0.15) is 23.5 Å². The molecule has 1 aliphatic rings. The van der Waals surface area contributed by atoms with Crippen molar-refractivity contribution in [3.05, 3.63) is 74.6 Å². The van der Waals surface area contributed by atoms with E-state index in [0.29, 0.717) is 11.1 Å². The lowest BCUT2D eigenvalue weighted by Gasteiger charge is -2.10. The van der Waals surface area contributed by atoms with Crippen LogP contribution < -0.4 is 5.63 Å². The Morgan fingerprint density at radius 2 is 1.92 bits per heavy atom. The predicted octanol–water partition coefficient (Wildman–Crippen LogP) is 3.65. The van der Waals surface area contributed by atoms with Crippen LogP contribution in [0.3, 0.4) is 0 Å². The van der Waals surface area contributed by atoms with Gasteiger partial charge < -0.3 is 14.3 Å². The van der Waals surface area contributed by atoms with Gasteiger partial charge in [0.05, 0.1) is 0 Å². The number of ether oxygens (including phenoxy) is 1. The van der Waals surface area contributed by atoms with E-state index in [2.05, 4.69) is 0 Å². The van der Waals surface area contributed by atoms with Crippen molar-refractivity contribution < 1.29 is 19.1 Å². The van der Waals surface area contributed by atoms with E-state index in [-0.39, 0.29) is 17.9 Å². The van der Waals surface area contributed by atoms with Crippen molar-refractivity contribution in [2.45, 2.75) is 32.8 Å². The summed E-state index contributed by atoms with van der Waals surface area (Å²) in [4.78, 5) is 24.2. The zero-order valence-electron chi connectivity index (χ0n) is 14.4. The zero-order chi connectivity index (χ0) is 18.3. The van der Waals surface area contributed by atoms with Crippen molar-refractivity contribution in [3.63, 3.8) is 0 Å². The van der Waals surface area contributed by atoms with Gasteiger partial charge in [-0.15, -0.1) is 0 Å². The second-order valence-electron chi connectivity index (χ2n) is 6.66. The Balaban J connectivity index is 1.66. The minimum Gasteiger partial charge on any atom is -0.507 e. The van der Waals surface area contributed by atoms with Crippen LogP contribution >= 0.6 is 0 Å². The molecule has 0 unspecified atom stereocenters. The van der Waals surface area contributed by atoms with Crippen LogP contribution in [0.25, 0.3) is 11.0 Å². The lowest BCUT2D eigenvalue weighted by Crippen LogP contribution is -2.08. The van der Waals surface area contributed by atoms with Crippen LogP contribution in [0.5, 0.6) is 5.75 Å². The first-order chi connectivity index (χ1) is 12.5. The van der Waals surface area contributed by atoms with Crippen molar-refractivity contribution in [2.75, 3.05) is 0 Å². The fourth-order valence-corrected chi connectivity index (χ4v) is 3.45. The quantitative estimate of drug-likeness (QED) is 0.576. The first kappa shape index (κ1) is 16.4. The van der Waals surface area contributed by atoms with Crippen LogP contribution in [0.2, 0.25) is 0 Å². The molecule has 26 heavy (non-hydrogen) atoms. The summed E-state index contributed by atoms with van der Waals surface area (Å²) in [5.74, 6) is -0.760. The third kappa shape index (κ3) is 2.96. The molecule has 0 bridgehead atoms. The number of rotatable bonds is 3. The Bertz CT molecular complexity index is 1080. The van der Waals surface area contributed by atoms with Crippen molar-refractivity contribution >= 4 is 16.9 Å². The van der Waals surface area contributed by atoms with Gasteiger partial charge in [-0.2, -0.15) is 0 Å². The Labute approximate surface area is 149 Å². The Hall–Kier alpha value is -3.08. The molecule has 5 nitrogen and oxygen atoms in total. The van der Waals surface area contributed by atoms with Crippen LogP contribution in [0.4, 0.5) is 0 Å². The van der Waals surface area contributed by atoms with Crippen LogP contribution in [0.15, 0.2) is 45.6 Å². The van der Waals surface area contributed by atoms with E-state index >= 15 is 0 Å². The number of carbonyl (C=O) groups is 1. The first-order valence-corrected chi connectivity index (χ1v) is 8.56. The van der Waals surface area contributed by atoms with E-state index in [4.69, 9.17) is 9.15 Å². The maximum Gasteiger partial charge on any atom is 0.342 e. The van der Waals surface area contributed by atoms with Crippen molar-refractivity contribution in [3.8, 4) is 5.75 Å². The minimum atomic E-state index is -0.631. The van der Waals surface area contributed by atoms with E-state index in [0.717, 1.165) is 30.2 Å². The van der Waals surface area contributed by atoms with Crippen LogP contribution in [0, 0.1) is 6.92 Å².